The minimum Gasteiger partial charge on any atom is -0.0889 e. The standard InChI is InChI=1S/C20H30Cl2Si/c1-5-7-9-15-13(3)11-17(21)19(15)23-20-16(10-8-6-2)14(4)12-18(20)22/h5-12,23H2,1-4H3. The van der Waals surface area contributed by atoms with E-state index in [1.807, 2.05) is 0 Å². The van der Waals surface area contributed by atoms with E-state index < -0.39 is 9.52 Å². The third kappa shape index (κ3) is 4.44. The van der Waals surface area contributed by atoms with E-state index in [9.17, 15) is 0 Å². The highest BCUT2D eigenvalue weighted by atomic mass is 35.5. The Labute approximate surface area is 154 Å². The molecule has 0 aromatic carbocycles. The van der Waals surface area contributed by atoms with Gasteiger partial charge in [0.15, 0.2) is 0 Å². The van der Waals surface area contributed by atoms with Gasteiger partial charge in [0.05, 0.1) is 9.52 Å². The molecule has 23 heavy (non-hydrogen) atoms. The van der Waals surface area contributed by atoms with E-state index in [1.54, 1.807) is 11.1 Å². The summed E-state index contributed by atoms with van der Waals surface area (Å²) in [6, 6.07) is 0. The molecule has 3 heteroatoms. The van der Waals surface area contributed by atoms with Crippen LogP contribution in [-0.2, 0) is 0 Å². The topological polar surface area (TPSA) is 0 Å². The first-order chi connectivity index (χ1) is 11.0. The molecular weight excluding hydrogens is 339 g/mol. The van der Waals surface area contributed by atoms with Crippen molar-refractivity contribution < 1.29 is 0 Å². The molecule has 0 amide bonds. The molecule has 0 heterocycles. The zero-order valence-electron chi connectivity index (χ0n) is 15.1. The molecule has 0 atom stereocenters. The predicted octanol–water partition coefficient (Wildman–Crippen LogP) is 6.88. The van der Waals surface area contributed by atoms with E-state index >= 15 is 0 Å². The first kappa shape index (κ1) is 19.1. The van der Waals surface area contributed by atoms with Crippen LogP contribution in [0.4, 0.5) is 0 Å². The minimum atomic E-state index is -0.565. The number of allylic oxidation sites excluding steroid dienone is 8. The van der Waals surface area contributed by atoms with Gasteiger partial charge in [0.2, 0.25) is 0 Å². The summed E-state index contributed by atoms with van der Waals surface area (Å²) in [7, 11) is -0.565. The van der Waals surface area contributed by atoms with Crippen LogP contribution in [0, 0.1) is 0 Å². The second-order valence-electron chi connectivity index (χ2n) is 7.02. The molecule has 2 aliphatic carbocycles. The zero-order valence-corrected chi connectivity index (χ0v) is 18.0. The number of rotatable bonds is 8. The quantitative estimate of drug-likeness (QED) is 0.409. The Bertz CT molecular complexity index is 539. The van der Waals surface area contributed by atoms with Crippen LogP contribution < -0.4 is 0 Å². The van der Waals surface area contributed by atoms with E-state index in [1.165, 1.54) is 60.1 Å². The summed E-state index contributed by atoms with van der Waals surface area (Å²) in [5, 5.41) is 5.23. The molecule has 2 rings (SSSR count). The second kappa shape index (κ2) is 8.74. The van der Waals surface area contributed by atoms with Crippen molar-refractivity contribution in [2.75, 3.05) is 0 Å². The maximum Gasteiger partial charge on any atom is 0.0912 e. The minimum absolute atomic E-state index is 0.565. The van der Waals surface area contributed by atoms with E-state index in [4.69, 9.17) is 23.2 Å². The summed E-state index contributed by atoms with van der Waals surface area (Å²) in [4.78, 5) is 0. The average molecular weight is 369 g/mol. The fourth-order valence-corrected chi connectivity index (χ4v) is 7.15. The normalized spacial score (nSPS) is 19.0. The molecular formula is C20H30Cl2Si. The van der Waals surface area contributed by atoms with Crippen LogP contribution >= 0.6 is 23.2 Å². The van der Waals surface area contributed by atoms with E-state index in [0.717, 1.165) is 22.9 Å². The van der Waals surface area contributed by atoms with Crippen molar-refractivity contribution in [3.63, 3.8) is 0 Å². The summed E-state index contributed by atoms with van der Waals surface area (Å²) in [5.41, 5.74) is 6.13. The molecule has 0 aromatic rings. The lowest BCUT2D eigenvalue weighted by Crippen LogP contribution is -2.07. The number of halogens is 2. The summed E-state index contributed by atoms with van der Waals surface area (Å²) >= 11 is 13.3. The molecule has 0 spiro atoms. The van der Waals surface area contributed by atoms with Gasteiger partial charge in [-0.15, -0.1) is 0 Å². The Morgan fingerprint density at radius 3 is 1.52 bits per heavy atom. The Morgan fingerprint density at radius 1 is 0.783 bits per heavy atom. The molecule has 0 saturated heterocycles. The van der Waals surface area contributed by atoms with Gasteiger partial charge in [0.25, 0.3) is 0 Å². The first-order valence-electron chi connectivity index (χ1n) is 9.12. The fourth-order valence-electron chi connectivity index (χ4n) is 3.75. The first-order valence-corrected chi connectivity index (χ1v) is 11.3. The average Bonchev–Trinajstić information content (AvgIpc) is 2.92. The van der Waals surface area contributed by atoms with Gasteiger partial charge in [0.1, 0.15) is 0 Å². The van der Waals surface area contributed by atoms with E-state index in [0.29, 0.717) is 0 Å². The van der Waals surface area contributed by atoms with Gasteiger partial charge in [0, 0.05) is 22.9 Å². The second-order valence-corrected chi connectivity index (χ2v) is 9.70. The predicted molar refractivity (Wildman–Crippen MR) is 108 cm³/mol. The summed E-state index contributed by atoms with van der Waals surface area (Å²) in [6.07, 6.45) is 9.35. The van der Waals surface area contributed by atoms with Gasteiger partial charge in [-0.1, -0.05) is 61.0 Å². The van der Waals surface area contributed by atoms with E-state index in [-0.39, 0.29) is 0 Å². The smallest absolute Gasteiger partial charge is 0.0889 e. The maximum atomic E-state index is 6.65. The SMILES string of the molecule is CCCCC1=C(C)CC(Cl)=C1[SiH2]C1=C(Cl)CC(C)=C1CCCC. The maximum absolute atomic E-state index is 6.65. The Hall–Kier alpha value is -0.243. The molecule has 0 unspecified atom stereocenters. The monoisotopic (exact) mass is 368 g/mol. The van der Waals surface area contributed by atoms with Crippen LogP contribution in [0.2, 0.25) is 0 Å². The molecule has 0 aromatic heterocycles. The van der Waals surface area contributed by atoms with Crippen molar-refractivity contribution >= 4 is 32.7 Å². The molecule has 0 fully saturated rings. The van der Waals surface area contributed by atoms with Crippen LogP contribution in [0.3, 0.4) is 0 Å². The van der Waals surface area contributed by atoms with Crippen molar-refractivity contribution in [3.8, 4) is 0 Å². The summed E-state index contributed by atoms with van der Waals surface area (Å²) < 4.78 is 0. The largest absolute Gasteiger partial charge is 0.0912 e. The van der Waals surface area contributed by atoms with Gasteiger partial charge in [-0.3, -0.25) is 0 Å². The highest BCUT2D eigenvalue weighted by Crippen LogP contribution is 2.42. The van der Waals surface area contributed by atoms with Gasteiger partial charge in [-0.05, 0) is 61.1 Å². The molecule has 0 saturated carbocycles. The van der Waals surface area contributed by atoms with Crippen LogP contribution in [0.15, 0.2) is 42.7 Å². The molecule has 0 nitrogen and oxygen atoms in total. The molecule has 0 bridgehead atoms. The zero-order chi connectivity index (χ0) is 17.0. The molecule has 0 N–H and O–H groups in total. The van der Waals surface area contributed by atoms with Crippen molar-refractivity contribution in [1.82, 2.24) is 0 Å². The highest BCUT2D eigenvalue weighted by molar-refractivity contribution is 6.61. The van der Waals surface area contributed by atoms with Gasteiger partial charge in [-0.2, -0.15) is 0 Å². The number of unbranched alkanes of at least 4 members (excludes halogenated alkanes) is 2. The van der Waals surface area contributed by atoms with Crippen molar-refractivity contribution in [2.24, 2.45) is 0 Å². The van der Waals surface area contributed by atoms with Crippen LogP contribution in [0.25, 0.3) is 0 Å². The number of hydrogen-bond donors (Lipinski definition) is 0. The summed E-state index contributed by atoms with van der Waals surface area (Å²) in [6.45, 7) is 9.05. The molecule has 0 radical (unpaired) electrons. The lowest BCUT2D eigenvalue weighted by atomic mass is 10.1. The lowest BCUT2D eigenvalue weighted by molar-refractivity contribution is 0.790. The fraction of sp³-hybridized carbons (Fsp3) is 0.600. The van der Waals surface area contributed by atoms with Crippen LogP contribution in [-0.4, -0.2) is 9.52 Å². The Balaban J connectivity index is 2.22. The lowest BCUT2D eigenvalue weighted by Gasteiger charge is -2.15. The highest BCUT2D eigenvalue weighted by Gasteiger charge is 2.26. The third-order valence-corrected chi connectivity index (χ3v) is 8.75. The van der Waals surface area contributed by atoms with Crippen molar-refractivity contribution in [3.05, 3.63) is 42.7 Å². The van der Waals surface area contributed by atoms with E-state index in [2.05, 4.69) is 27.7 Å². The molecule has 2 aliphatic rings. The Morgan fingerprint density at radius 2 is 1.17 bits per heavy atom. The van der Waals surface area contributed by atoms with Crippen molar-refractivity contribution in [1.29, 1.82) is 0 Å². The van der Waals surface area contributed by atoms with Gasteiger partial charge >= 0.3 is 0 Å². The van der Waals surface area contributed by atoms with Crippen molar-refractivity contribution in [2.45, 2.75) is 79.1 Å². The summed E-state index contributed by atoms with van der Waals surface area (Å²) in [5.74, 6) is 0. The Kier molecular flexibility index (Phi) is 7.25. The number of hydrogen-bond acceptors (Lipinski definition) is 0. The molecule has 128 valence electrons. The molecule has 0 aliphatic heterocycles. The van der Waals surface area contributed by atoms with Crippen LogP contribution in [0.5, 0.6) is 0 Å². The third-order valence-electron chi connectivity index (χ3n) is 5.17. The van der Waals surface area contributed by atoms with Crippen LogP contribution in [0.1, 0.15) is 79.1 Å². The van der Waals surface area contributed by atoms with Gasteiger partial charge in [-0.25, -0.2) is 0 Å². The van der Waals surface area contributed by atoms with Gasteiger partial charge < -0.3 is 0 Å².